The minimum Gasteiger partial charge on any atom is -0.378 e. The predicted molar refractivity (Wildman–Crippen MR) is 103 cm³/mol. The summed E-state index contributed by atoms with van der Waals surface area (Å²) in [5.41, 5.74) is 3.15. The number of hydrogen-bond acceptors (Lipinski definition) is 7. The zero-order valence-electron chi connectivity index (χ0n) is 15.0. The van der Waals surface area contributed by atoms with Crippen molar-refractivity contribution in [2.45, 2.75) is 6.42 Å². The van der Waals surface area contributed by atoms with Crippen LogP contribution >= 0.6 is 0 Å². The first-order chi connectivity index (χ1) is 13.4. The number of nitrogens with zero attached hydrogens (tertiary/aromatic N) is 6. The molecule has 0 aliphatic carbocycles. The highest BCUT2D eigenvalue weighted by molar-refractivity contribution is 5.75. The Bertz CT molecular complexity index is 928. The van der Waals surface area contributed by atoms with Crippen molar-refractivity contribution in [3.63, 3.8) is 0 Å². The topological polar surface area (TPSA) is 67.3 Å². The van der Waals surface area contributed by atoms with Crippen LogP contribution in [-0.2, 0) is 11.2 Å². The maximum Gasteiger partial charge on any atom is 0.228 e. The van der Waals surface area contributed by atoms with E-state index in [1.165, 1.54) is 0 Å². The van der Waals surface area contributed by atoms with E-state index in [1.54, 1.807) is 6.20 Å². The standard InChI is InChI=1S/C20H20N6O/c1-2-8-22-17(5-1)26-9-6-16-18(15-4-3-7-21-14-15)23-20(24-19(16)26)25-10-12-27-13-11-25/h1-5,7-8,14H,6,9-13H2. The zero-order chi connectivity index (χ0) is 18.1. The third kappa shape index (κ3) is 3.00. The van der Waals surface area contributed by atoms with Crippen molar-refractivity contribution in [1.29, 1.82) is 0 Å². The second kappa shape index (κ2) is 6.92. The van der Waals surface area contributed by atoms with Gasteiger partial charge in [0.2, 0.25) is 5.95 Å². The molecule has 7 heteroatoms. The second-order valence-corrected chi connectivity index (χ2v) is 6.61. The Morgan fingerprint density at radius 1 is 0.926 bits per heavy atom. The summed E-state index contributed by atoms with van der Waals surface area (Å²) in [5.74, 6) is 2.61. The molecule has 0 radical (unpaired) electrons. The van der Waals surface area contributed by atoms with Crippen LogP contribution in [0.5, 0.6) is 0 Å². The smallest absolute Gasteiger partial charge is 0.228 e. The molecule has 0 N–H and O–H groups in total. The van der Waals surface area contributed by atoms with E-state index in [2.05, 4.69) is 25.8 Å². The van der Waals surface area contributed by atoms with Gasteiger partial charge in [0.15, 0.2) is 0 Å². The van der Waals surface area contributed by atoms with Crippen molar-refractivity contribution >= 4 is 17.6 Å². The van der Waals surface area contributed by atoms with Crippen LogP contribution in [0, 0.1) is 0 Å². The van der Waals surface area contributed by atoms with E-state index in [-0.39, 0.29) is 0 Å². The Labute approximate surface area is 157 Å². The fourth-order valence-corrected chi connectivity index (χ4v) is 3.63. The summed E-state index contributed by atoms with van der Waals surface area (Å²) in [6.45, 7) is 3.85. The largest absolute Gasteiger partial charge is 0.378 e. The zero-order valence-corrected chi connectivity index (χ0v) is 15.0. The molecule has 0 spiro atoms. The summed E-state index contributed by atoms with van der Waals surface area (Å²) < 4.78 is 5.49. The second-order valence-electron chi connectivity index (χ2n) is 6.61. The number of anilines is 3. The van der Waals surface area contributed by atoms with E-state index in [9.17, 15) is 0 Å². The summed E-state index contributed by atoms with van der Waals surface area (Å²) in [6.07, 6.45) is 6.36. The molecule has 7 nitrogen and oxygen atoms in total. The molecule has 1 fully saturated rings. The summed E-state index contributed by atoms with van der Waals surface area (Å²) in [4.78, 5) is 23.1. The molecule has 136 valence electrons. The summed E-state index contributed by atoms with van der Waals surface area (Å²) in [6, 6.07) is 9.97. The van der Waals surface area contributed by atoms with E-state index in [4.69, 9.17) is 14.7 Å². The van der Waals surface area contributed by atoms with Crippen molar-refractivity contribution in [3.8, 4) is 11.3 Å². The number of rotatable bonds is 3. The molecule has 0 unspecified atom stereocenters. The van der Waals surface area contributed by atoms with Gasteiger partial charge in [-0.15, -0.1) is 0 Å². The number of pyridine rings is 2. The molecule has 0 atom stereocenters. The molecule has 1 saturated heterocycles. The third-order valence-electron chi connectivity index (χ3n) is 4.97. The van der Waals surface area contributed by atoms with Gasteiger partial charge >= 0.3 is 0 Å². The van der Waals surface area contributed by atoms with E-state index in [0.717, 1.165) is 60.5 Å². The van der Waals surface area contributed by atoms with Crippen LogP contribution in [0.1, 0.15) is 5.56 Å². The molecule has 2 aliphatic heterocycles. The van der Waals surface area contributed by atoms with Gasteiger partial charge in [0.1, 0.15) is 11.6 Å². The van der Waals surface area contributed by atoms with E-state index >= 15 is 0 Å². The highest BCUT2D eigenvalue weighted by Gasteiger charge is 2.29. The number of morpholine rings is 1. The van der Waals surface area contributed by atoms with Gasteiger partial charge in [-0.2, -0.15) is 4.98 Å². The molecule has 5 heterocycles. The van der Waals surface area contributed by atoms with Crippen LogP contribution in [-0.4, -0.2) is 52.8 Å². The van der Waals surface area contributed by atoms with E-state index < -0.39 is 0 Å². The van der Waals surface area contributed by atoms with Gasteiger partial charge in [-0.3, -0.25) is 4.98 Å². The van der Waals surface area contributed by atoms with Crippen LogP contribution in [0.4, 0.5) is 17.6 Å². The average Bonchev–Trinajstić information content (AvgIpc) is 3.19. The fraction of sp³-hybridized carbons (Fsp3) is 0.300. The Kier molecular flexibility index (Phi) is 4.14. The van der Waals surface area contributed by atoms with Gasteiger partial charge in [-0.05, 0) is 30.7 Å². The number of hydrogen-bond donors (Lipinski definition) is 0. The molecule has 0 saturated carbocycles. The van der Waals surface area contributed by atoms with Crippen molar-refractivity contribution < 1.29 is 4.74 Å². The van der Waals surface area contributed by atoms with Crippen LogP contribution in [0.2, 0.25) is 0 Å². The van der Waals surface area contributed by atoms with Crippen molar-refractivity contribution in [2.75, 3.05) is 42.6 Å². The van der Waals surface area contributed by atoms with Crippen LogP contribution in [0.3, 0.4) is 0 Å². The average molecular weight is 360 g/mol. The summed E-state index contributed by atoms with van der Waals surface area (Å²) in [5, 5.41) is 0. The Balaban J connectivity index is 1.65. The van der Waals surface area contributed by atoms with Gasteiger partial charge < -0.3 is 14.5 Å². The lowest BCUT2D eigenvalue weighted by Crippen LogP contribution is -2.37. The minimum atomic E-state index is 0.701. The first-order valence-electron chi connectivity index (χ1n) is 9.23. The highest BCUT2D eigenvalue weighted by atomic mass is 16.5. The van der Waals surface area contributed by atoms with Gasteiger partial charge in [0, 0.05) is 49.4 Å². The van der Waals surface area contributed by atoms with Gasteiger partial charge in [-0.25, -0.2) is 9.97 Å². The first-order valence-corrected chi connectivity index (χ1v) is 9.23. The lowest BCUT2D eigenvalue weighted by Gasteiger charge is -2.28. The molecular formula is C20H20N6O. The fourth-order valence-electron chi connectivity index (χ4n) is 3.63. The SMILES string of the molecule is c1ccc(N2CCc3c(-c4cccnc4)nc(N4CCOCC4)nc32)nc1. The monoisotopic (exact) mass is 360 g/mol. The lowest BCUT2D eigenvalue weighted by atomic mass is 10.1. The molecule has 0 aromatic carbocycles. The number of fused-ring (bicyclic) bond motifs is 1. The van der Waals surface area contributed by atoms with Crippen LogP contribution < -0.4 is 9.80 Å². The lowest BCUT2D eigenvalue weighted by molar-refractivity contribution is 0.122. The molecular weight excluding hydrogens is 340 g/mol. The number of ether oxygens (including phenoxy) is 1. The highest BCUT2D eigenvalue weighted by Crippen LogP contribution is 2.38. The number of aromatic nitrogens is 4. The van der Waals surface area contributed by atoms with Crippen molar-refractivity contribution in [2.24, 2.45) is 0 Å². The van der Waals surface area contributed by atoms with E-state index in [1.807, 2.05) is 36.7 Å². The maximum absolute atomic E-state index is 5.49. The Morgan fingerprint density at radius 3 is 2.63 bits per heavy atom. The predicted octanol–water partition coefficient (Wildman–Crippen LogP) is 2.46. The van der Waals surface area contributed by atoms with Crippen LogP contribution in [0.25, 0.3) is 11.3 Å². The Morgan fingerprint density at radius 2 is 1.85 bits per heavy atom. The molecule has 3 aromatic heterocycles. The molecule has 27 heavy (non-hydrogen) atoms. The summed E-state index contributed by atoms with van der Waals surface area (Å²) in [7, 11) is 0. The van der Waals surface area contributed by atoms with Crippen molar-refractivity contribution in [1.82, 2.24) is 19.9 Å². The minimum absolute atomic E-state index is 0.701. The normalized spacial score (nSPS) is 16.4. The Hall–Kier alpha value is -3.06. The molecule has 0 amide bonds. The van der Waals surface area contributed by atoms with Crippen LogP contribution in [0.15, 0.2) is 48.9 Å². The molecule has 2 aliphatic rings. The quantitative estimate of drug-likeness (QED) is 0.711. The first kappa shape index (κ1) is 16.1. The molecule has 5 rings (SSSR count). The maximum atomic E-state index is 5.49. The molecule has 3 aromatic rings. The van der Waals surface area contributed by atoms with E-state index in [0.29, 0.717) is 13.2 Å². The van der Waals surface area contributed by atoms with Gasteiger partial charge in [0.05, 0.1) is 18.9 Å². The van der Waals surface area contributed by atoms with Gasteiger partial charge in [0.25, 0.3) is 0 Å². The molecule has 0 bridgehead atoms. The van der Waals surface area contributed by atoms with Crippen molar-refractivity contribution in [3.05, 3.63) is 54.5 Å². The third-order valence-corrected chi connectivity index (χ3v) is 4.97. The van der Waals surface area contributed by atoms with Gasteiger partial charge in [-0.1, -0.05) is 6.07 Å². The summed E-state index contributed by atoms with van der Waals surface area (Å²) >= 11 is 0.